The Labute approximate surface area is 79.9 Å². The second-order valence-electron chi connectivity index (χ2n) is 2.94. The molecule has 0 aromatic carbocycles. The molecule has 4 heteroatoms. The third-order valence-electron chi connectivity index (χ3n) is 2.06. The number of hydrogen-bond acceptors (Lipinski definition) is 2. The van der Waals surface area contributed by atoms with Gasteiger partial charge in [-0.05, 0) is 7.05 Å². The van der Waals surface area contributed by atoms with Crippen molar-refractivity contribution >= 4 is 22.9 Å². The number of aromatic nitrogens is 2. The highest BCUT2D eigenvalue weighted by Crippen LogP contribution is 2.17. The first-order valence-electron chi connectivity index (χ1n) is 3.67. The molecule has 2 rings (SSSR count). The van der Waals surface area contributed by atoms with Crippen LogP contribution in [0.15, 0.2) is 6.33 Å². The minimum absolute atomic E-state index is 1.01. The third kappa shape index (κ3) is 1.29. The van der Waals surface area contributed by atoms with E-state index in [2.05, 4.69) is 42.6 Å². The van der Waals surface area contributed by atoms with Crippen molar-refractivity contribution in [1.82, 2.24) is 12.7 Å². The zero-order valence-corrected chi connectivity index (χ0v) is 8.58. The predicted octanol–water partition coefficient (Wildman–Crippen LogP) is 1.07. The van der Waals surface area contributed by atoms with Crippen molar-refractivity contribution in [2.45, 2.75) is 13.0 Å². The molecule has 0 aliphatic carbocycles. The van der Waals surface area contributed by atoms with E-state index in [-0.39, 0.29) is 0 Å². The van der Waals surface area contributed by atoms with Crippen molar-refractivity contribution < 1.29 is 0 Å². The molecule has 0 saturated carbocycles. The van der Waals surface area contributed by atoms with E-state index in [9.17, 15) is 0 Å². The maximum atomic E-state index is 4.32. The topological polar surface area (TPSA) is 21.1 Å². The Morgan fingerprint density at radius 2 is 2.45 bits per heavy atom. The highest BCUT2D eigenvalue weighted by atomic mass is 127. The van der Waals surface area contributed by atoms with E-state index in [1.165, 1.54) is 11.4 Å². The van der Waals surface area contributed by atoms with E-state index in [4.69, 9.17) is 0 Å². The molecule has 0 spiro atoms. The van der Waals surface area contributed by atoms with E-state index in [0.717, 1.165) is 19.5 Å². The lowest BCUT2D eigenvalue weighted by molar-refractivity contribution is 0.307. The minimum Gasteiger partial charge on any atom is -0.300 e. The van der Waals surface area contributed by atoms with E-state index in [1.54, 1.807) is 0 Å². The van der Waals surface area contributed by atoms with Gasteiger partial charge in [0.25, 0.3) is 0 Å². The highest BCUT2D eigenvalue weighted by molar-refractivity contribution is 14.1. The molecule has 0 fully saturated rings. The van der Waals surface area contributed by atoms with Gasteiger partial charge in [-0.3, -0.25) is 2.78 Å². The number of imidazole rings is 1. The van der Waals surface area contributed by atoms with Gasteiger partial charge in [-0.15, -0.1) is 0 Å². The van der Waals surface area contributed by atoms with Crippen LogP contribution < -0.4 is 0 Å². The van der Waals surface area contributed by atoms with Gasteiger partial charge >= 0.3 is 0 Å². The number of rotatable bonds is 0. The van der Waals surface area contributed by atoms with Crippen LogP contribution in [0.4, 0.5) is 0 Å². The molecule has 0 bridgehead atoms. The summed E-state index contributed by atoms with van der Waals surface area (Å²) in [5.41, 5.74) is 2.64. The Morgan fingerprint density at radius 3 is 3.27 bits per heavy atom. The molecular formula is C7H10IN3. The summed E-state index contributed by atoms with van der Waals surface area (Å²) in [7, 11) is 2.13. The fourth-order valence-corrected chi connectivity index (χ4v) is 2.05. The fourth-order valence-electron chi connectivity index (χ4n) is 1.40. The first kappa shape index (κ1) is 7.54. The van der Waals surface area contributed by atoms with Gasteiger partial charge in [0.1, 0.15) is 6.33 Å². The lowest BCUT2D eigenvalue weighted by atomic mass is 10.2. The van der Waals surface area contributed by atoms with Crippen LogP contribution in [-0.4, -0.2) is 26.3 Å². The van der Waals surface area contributed by atoms with Gasteiger partial charge < -0.3 is 4.90 Å². The van der Waals surface area contributed by atoms with Crippen molar-refractivity contribution in [3.05, 3.63) is 17.7 Å². The molecule has 1 aromatic rings. The number of fused-ring (bicyclic) bond motifs is 1. The van der Waals surface area contributed by atoms with Crippen LogP contribution in [0.2, 0.25) is 0 Å². The lowest BCUT2D eigenvalue weighted by Crippen LogP contribution is -2.26. The van der Waals surface area contributed by atoms with Crippen molar-refractivity contribution in [3.8, 4) is 0 Å². The van der Waals surface area contributed by atoms with E-state index < -0.39 is 0 Å². The summed E-state index contributed by atoms with van der Waals surface area (Å²) in [6.07, 6.45) is 3.03. The molecule has 2 heterocycles. The molecule has 60 valence electrons. The second-order valence-corrected chi connectivity index (χ2v) is 3.98. The van der Waals surface area contributed by atoms with Crippen molar-refractivity contribution in [2.24, 2.45) is 0 Å². The molecule has 0 amide bonds. The molecule has 0 N–H and O–H groups in total. The van der Waals surface area contributed by atoms with Crippen LogP contribution in [0.1, 0.15) is 11.4 Å². The molecule has 1 aliphatic heterocycles. The summed E-state index contributed by atoms with van der Waals surface area (Å²) in [6.45, 7) is 2.16. The summed E-state index contributed by atoms with van der Waals surface area (Å²) in [6, 6.07) is 0. The van der Waals surface area contributed by atoms with Crippen LogP contribution in [0.5, 0.6) is 0 Å². The molecule has 0 atom stereocenters. The highest BCUT2D eigenvalue weighted by Gasteiger charge is 2.16. The van der Waals surface area contributed by atoms with Gasteiger partial charge in [-0.25, -0.2) is 4.98 Å². The van der Waals surface area contributed by atoms with Crippen LogP contribution >= 0.6 is 22.9 Å². The number of hydrogen-bond donors (Lipinski definition) is 0. The average Bonchev–Trinajstić information content (AvgIpc) is 2.32. The van der Waals surface area contributed by atoms with Crippen LogP contribution in [-0.2, 0) is 13.0 Å². The van der Waals surface area contributed by atoms with Crippen LogP contribution in [0.3, 0.4) is 0 Å². The van der Waals surface area contributed by atoms with Gasteiger partial charge in [0.15, 0.2) is 0 Å². The summed E-state index contributed by atoms with van der Waals surface area (Å²) in [5, 5.41) is 0. The zero-order chi connectivity index (χ0) is 7.84. The van der Waals surface area contributed by atoms with Crippen molar-refractivity contribution in [3.63, 3.8) is 0 Å². The Kier molecular flexibility index (Phi) is 1.88. The molecule has 0 radical (unpaired) electrons. The molecular weight excluding hydrogens is 253 g/mol. The fraction of sp³-hybridized carbons (Fsp3) is 0.571. The second kappa shape index (κ2) is 2.75. The Bertz CT molecular complexity index is 269. The molecule has 3 nitrogen and oxygen atoms in total. The lowest BCUT2D eigenvalue weighted by Gasteiger charge is -2.21. The average molecular weight is 263 g/mol. The number of nitrogens with zero attached hydrogens (tertiary/aromatic N) is 3. The number of halogens is 1. The molecule has 0 saturated heterocycles. The maximum absolute atomic E-state index is 4.32. The van der Waals surface area contributed by atoms with E-state index >= 15 is 0 Å². The smallest absolute Gasteiger partial charge is 0.104 e. The van der Waals surface area contributed by atoms with Gasteiger partial charge in [-0.2, -0.15) is 0 Å². The molecule has 1 aliphatic rings. The maximum Gasteiger partial charge on any atom is 0.104 e. The zero-order valence-electron chi connectivity index (χ0n) is 6.42. The SMILES string of the molecule is CN1CCc2c(ncn2I)C1. The van der Waals surface area contributed by atoms with Crippen LogP contribution in [0.25, 0.3) is 0 Å². The van der Waals surface area contributed by atoms with Gasteiger partial charge in [0.05, 0.1) is 34.3 Å². The Hall–Kier alpha value is -0.100. The summed E-state index contributed by atoms with van der Waals surface area (Å²) in [5.74, 6) is 0. The molecule has 11 heavy (non-hydrogen) atoms. The van der Waals surface area contributed by atoms with E-state index in [1.807, 2.05) is 6.33 Å². The summed E-state index contributed by atoms with van der Waals surface area (Å²) >= 11 is 2.28. The third-order valence-corrected chi connectivity index (χ3v) is 2.89. The summed E-state index contributed by atoms with van der Waals surface area (Å²) in [4.78, 5) is 6.62. The van der Waals surface area contributed by atoms with Gasteiger partial charge in [0, 0.05) is 19.5 Å². The van der Waals surface area contributed by atoms with Crippen molar-refractivity contribution in [1.29, 1.82) is 0 Å². The van der Waals surface area contributed by atoms with E-state index in [0.29, 0.717) is 0 Å². The standard InChI is InChI=1S/C7H10IN3/c1-10-3-2-7-6(4-10)9-5-11(7)8/h5H,2-4H2,1H3. The van der Waals surface area contributed by atoms with Crippen LogP contribution in [0, 0.1) is 0 Å². The predicted molar refractivity (Wildman–Crippen MR) is 51.7 cm³/mol. The minimum atomic E-state index is 1.01. The monoisotopic (exact) mass is 263 g/mol. The Balaban J connectivity index is 2.36. The Morgan fingerprint density at radius 1 is 1.64 bits per heavy atom. The first-order valence-corrected chi connectivity index (χ1v) is 4.63. The molecule has 1 aromatic heterocycles. The van der Waals surface area contributed by atoms with Gasteiger partial charge in [-0.1, -0.05) is 0 Å². The normalized spacial score (nSPS) is 18.4. The largest absolute Gasteiger partial charge is 0.300 e. The first-order chi connectivity index (χ1) is 5.27. The van der Waals surface area contributed by atoms with Crippen molar-refractivity contribution in [2.75, 3.05) is 13.6 Å². The quantitative estimate of drug-likeness (QED) is 0.653. The number of likely N-dealkylation sites (N-methyl/N-ethyl adjacent to an activating group) is 1. The summed E-state index contributed by atoms with van der Waals surface area (Å²) < 4.78 is 2.10. The molecule has 0 unspecified atom stereocenters. The van der Waals surface area contributed by atoms with Gasteiger partial charge in [0.2, 0.25) is 0 Å².